The van der Waals surface area contributed by atoms with E-state index in [9.17, 15) is 9.70 Å². The van der Waals surface area contributed by atoms with E-state index in [1.807, 2.05) is 30.3 Å². The molecule has 36 heavy (non-hydrogen) atoms. The molecule has 0 aliphatic heterocycles. The number of hydrogen-bond acceptors (Lipinski definition) is 7. The Hall–Kier alpha value is -3.58. The molecule has 3 aromatic rings. The summed E-state index contributed by atoms with van der Waals surface area (Å²) in [5.41, 5.74) is 13.6. The number of carbonyl (C=O) groups excluding carboxylic acids is 1. The first-order chi connectivity index (χ1) is 16.9. The lowest BCUT2D eigenvalue weighted by Crippen LogP contribution is -3.00. The summed E-state index contributed by atoms with van der Waals surface area (Å²) in [6, 6.07) is 16.3. The summed E-state index contributed by atoms with van der Waals surface area (Å²) in [5.74, 6) is -0.383. The Morgan fingerprint density at radius 2 is 1.81 bits per heavy atom. The van der Waals surface area contributed by atoms with Crippen molar-refractivity contribution in [2.75, 3.05) is 5.32 Å². The molecule has 1 fully saturated rings. The van der Waals surface area contributed by atoms with Gasteiger partial charge in [0.2, 0.25) is 17.5 Å². The van der Waals surface area contributed by atoms with Crippen LogP contribution in [-0.2, 0) is 6.54 Å². The lowest BCUT2D eigenvalue weighted by atomic mass is 10.2. The van der Waals surface area contributed by atoms with Crippen LogP contribution in [0.25, 0.3) is 0 Å². The number of amides is 1. The van der Waals surface area contributed by atoms with E-state index in [2.05, 4.69) is 25.6 Å². The maximum atomic E-state index is 13.0. The maximum Gasteiger partial charge on any atom is 0.329 e. The number of halogens is 2. The molecule has 1 amide bonds. The summed E-state index contributed by atoms with van der Waals surface area (Å²) in [6.07, 6.45) is 3.52. The Labute approximate surface area is 229 Å². The Kier molecular flexibility index (Phi) is 9.31. The van der Waals surface area contributed by atoms with Gasteiger partial charge >= 0.3 is 5.69 Å². The first kappa shape index (κ1) is 27.0. The molecule has 1 aliphatic carbocycles. The van der Waals surface area contributed by atoms with Crippen LogP contribution in [-0.4, -0.2) is 21.7 Å². The zero-order valence-electron chi connectivity index (χ0n) is 19.0. The van der Waals surface area contributed by atoms with Crippen LogP contribution in [0.4, 0.5) is 23.1 Å². The molecule has 0 bridgehead atoms. The van der Waals surface area contributed by atoms with Gasteiger partial charge in [-0.15, -0.1) is 0 Å². The highest BCUT2D eigenvalue weighted by atomic mass is 127. The normalized spacial score (nSPS) is 13.5. The van der Waals surface area contributed by atoms with Gasteiger partial charge in [0.25, 0.3) is 5.91 Å². The van der Waals surface area contributed by atoms with Crippen molar-refractivity contribution in [1.82, 2.24) is 15.3 Å². The fourth-order valence-corrected chi connectivity index (χ4v) is 3.43. The molecule has 0 spiro atoms. The summed E-state index contributed by atoms with van der Waals surface area (Å²) >= 11 is 6.24. The molecule has 0 saturated heterocycles. The molecular weight excluding hydrogens is 595 g/mol. The number of aromatic nitrogens is 2. The zero-order valence-corrected chi connectivity index (χ0v) is 22.0. The standard InChI is InChI=1S/C24H23ClN8O2.HI/c25-16-8-4-5-9-18(16)29-24-31-21(23(34)28-13-14-6-2-1-3-7-14)20(33-35)22(32-24)30-19(27)12-17(26)15-10-11-15;/h1-9,12,15H,10-11,13,26H2,(H,28,34)(H3,27,29,30,31,32);1H/b17-12-;. The molecule has 2 aromatic carbocycles. The molecule has 1 heterocycles. The van der Waals surface area contributed by atoms with E-state index in [0.29, 0.717) is 16.4 Å². The van der Waals surface area contributed by atoms with Crippen molar-refractivity contribution >= 4 is 46.5 Å². The van der Waals surface area contributed by atoms with E-state index < -0.39 is 5.91 Å². The number of carbonyl (C=O) groups is 1. The average Bonchev–Trinajstić information content (AvgIpc) is 3.70. The summed E-state index contributed by atoms with van der Waals surface area (Å²) in [5, 5.41) is 7.87. The second-order valence-corrected chi connectivity index (χ2v) is 8.33. The molecule has 1 aromatic heterocycles. The number of benzene rings is 2. The molecule has 10 nitrogen and oxygen atoms in total. The lowest BCUT2D eigenvalue weighted by Gasteiger charge is -2.10. The highest BCUT2D eigenvalue weighted by Gasteiger charge is 2.27. The fraction of sp³-hybridized carbons (Fsp3) is 0.167. The van der Waals surface area contributed by atoms with Crippen LogP contribution >= 0.6 is 11.6 Å². The van der Waals surface area contributed by atoms with Crippen molar-refractivity contribution in [3.05, 3.63) is 87.6 Å². The van der Waals surface area contributed by atoms with Crippen molar-refractivity contribution in [3.63, 3.8) is 0 Å². The van der Waals surface area contributed by atoms with Crippen molar-refractivity contribution in [3.8, 4) is 0 Å². The molecular formula is C24H24ClIN8O2. The van der Waals surface area contributed by atoms with E-state index in [4.69, 9.17) is 23.1 Å². The lowest BCUT2D eigenvalue weighted by molar-refractivity contribution is -0.379. The van der Waals surface area contributed by atoms with Crippen LogP contribution in [0.5, 0.6) is 0 Å². The number of rotatable bonds is 9. The van der Waals surface area contributed by atoms with Gasteiger partial charge in [0.1, 0.15) is 5.84 Å². The molecule has 12 heteroatoms. The predicted molar refractivity (Wildman–Crippen MR) is 135 cm³/mol. The van der Waals surface area contributed by atoms with Crippen molar-refractivity contribution < 1.29 is 33.9 Å². The Morgan fingerprint density at radius 3 is 2.47 bits per heavy atom. The second kappa shape index (κ2) is 12.4. The van der Waals surface area contributed by atoms with Gasteiger partial charge in [-0.05, 0) is 42.5 Å². The van der Waals surface area contributed by atoms with Crippen LogP contribution in [0.2, 0.25) is 5.02 Å². The van der Waals surface area contributed by atoms with Gasteiger partial charge in [-0.25, -0.2) is 9.98 Å². The Balaban J connectivity index is 0.00000361. The van der Waals surface area contributed by atoms with Crippen LogP contribution in [0.15, 0.2) is 71.4 Å². The number of amidine groups is 1. The topological polar surface area (TPSA) is 162 Å². The SMILES string of the molecule is NC(/C=C(\N)C1CC1)=Nc1nc(Nc2ccccc2Cl)nc(C(=O)NCc2ccccc2)c1[NH+]=O.[I-]. The molecule has 0 unspecified atom stereocenters. The number of nitrogens with one attached hydrogen (secondary N) is 3. The Morgan fingerprint density at radius 1 is 1.11 bits per heavy atom. The van der Waals surface area contributed by atoms with Crippen molar-refractivity contribution in [2.45, 2.75) is 19.4 Å². The van der Waals surface area contributed by atoms with Crippen LogP contribution in [0.1, 0.15) is 28.9 Å². The number of allylic oxidation sites excluding steroid dienone is 1. The summed E-state index contributed by atoms with van der Waals surface area (Å²) in [7, 11) is 0. The number of aliphatic imine (C=N–C) groups is 1. The molecule has 0 atom stereocenters. The van der Waals surface area contributed by atoms with Crippen molar-refractivity contribution in [1.29, 1.82) is 0 Å². The molecule has 1 aliphatic rings. The number of anilines is 2. The summed E-state index contributed by atoms with van der Waals surface area (Å²) in [6.45, 7) is 0.233. The second-order valence-electron chi connectivity index (χ2n) is 7.92. The first-order valence-corrected chi connectivity index (χ1v) is 11.3. The van der Waals surface area contributed by atoms with E-state index in [0.717, 1.165) is 18.4 Å². The van der Waals surface area contributed by atoms with Gasteiger partial charge in [-0.2, -0.15) is 4.98 Å². The minimum atomic E-state index is -0.597. The van der Waals surface area contributed by atoms with E-state index in [1.165, 1.54) is 6.08 Å². The van der Waals surface area contributed by atoms with Crippen molar-refractivity contribution in [2.24, 2.45) is 22.4 Å². The smallest absolute Gasteiger partial charge is 0.329 e. The minimum absolute atomic E-state index is 0. The third kappa shape index (κ3) is 6.98. The van der Waals surface area contributed by atoms with Crippen LogP contribution in [0, 0.1) is 10.8 Å². The number of nitrogens with zero attached hydrogens (tertiary/aromatic N) is 3. The predicted octanol–water partition coefficient (Wildman–Crippen LogP) is -0.473. The monoisotopic (exact) mass is 618 g/mol. The minimum Gasteiger partial charge on any atom is -1.00 e. The largest absolute Gasteiger partial charge is 1.00 e. The number of para-hydroxylation sites is 1. The first-order valence-electron chi connectivity index (χ1n) is 10.9. The third-order valence-electron chi connectivity index (χ3n) is 5.22. The molecule has 0 radical (unpaired) electrons. The van der Waals surface area contributed by atoms with Gasteiger partial charge in [0.15, 0.2) is 0 Å². The molecule has 1 saturated carbocycles. The number of nitroso groups, excluding NO2 is 1. The van der Waals surface area contributed by atoms with E-state index >= 15 is 0 Å². The summed E-state index contributed by atoms with van der Waals surface area (Å²) in [4.78, 5) is 37.7. The van der Waals surface area contributed by atoms with E-state index in [1.54, 1.807) is 29.4 Å². The number of hydrogen-bond donors (Lipinski definition) is 5. The molecule has 186 valence electrons. The highest BCUT2D eigenvalue weighted by Crippen LogP contribution is 2.33. The summed E-state index contributed by atoms with van der Waals surface area (Å²) < 4.78 is 0. The average molecular weight is 619 g/mol. The third-order valence-corrected chi connectivity index (χ3v) is 5.55. The number of nitrogens with two attached hydrogens (primary N) is 2. The maximum absolute atomic E-state index is 13.0. The van der Waals surface area contributed by atoms with Crippen LogP contribution in [0.3, 0.4) is 0 Å². The fourth-order valence-electron chi connectivity index (χ4n) is 3.25. The van der Waals surface area contributed by atoms with Gasteiger partial charge in [-0.3, -0.25) is 4.79 Å². The Bertz CT molecular complexity index is 1310. The molecule has 7 N–H and O–H groups in total. The van der Waals surface area contributed by atoms with Gasteiger partial charge < -0.3 is 46.1 Å². The van der Waals surface area contributed by atoms with Gasteiger partial charge in [-0.1, -0.05) is 54.1 Å². The zero-order chi connectivity index (χ0) is 24.8. The van der Waals surface area contributed by atoms with Crippen LogP contribution < -0.4 is 51.3 Å². The van der Waals surface area contributed by atoms with Gasteiger partial charge in [0, 0.05) is 22.3 Å². The molecule has 4 rings (SSSR count). The van der Waals surface area contributed by atoms with E-state index in [-0.39, 0.29) is 65.4 Å². The quantitative estimate of drug-likeness (QED) is 0.123. The highest BCUT2D eigenvalue weighted by molar-refractivity contribution is 6.33. The van der Waals surface area contributed by atoms with Gasteiger partial charge in [0.05, 0.1) is 10.7 Å².